The van der Waals surface area contributed by atoms with E-state index in [2.05, 4.69) is 11.0 Å². The molecule has 114 valence electrons. The van der Waals surface area contributed by atoms with E-state index >= 15 is 0 Å². The lowest BCUT2D eigenvalue weighted by Crippen LogP contribution is -2.49. The molecular weight excluding hydrogens is 286 g/mol. The van der Waals surface area contributed by atoms with Crippen LogP contribution in [0.5, 0.6) is 0 Å². The number of benzene rings is 1. The fourth-order valence-corrected chi connectivity index (χ4v) is 4.01. The number of nitrogens with zero attached hydrogens (tertiary/aromatic N) is 3. The van der Waals surface area contributed by atoms with Gasteiger partial charge in [0.25, 0.3) is 0 Å². The monoisotopic (exact) mass is 307 g/mol. The van der Waals surface area contributed by atoms with Crippen LogP contribution in [-0.2, 0) is 15.8 Å². The van der Waals surface area contributed by atoms with E-state index in [9.17, 15) is 8.42 Å². The van der Waals surface area contributed by atoms with E-state index in [1.807, 2.05) is 30.3 Å². The third-order valence-electron chi connectivity index (χ3n) is 3.68. The summed E-state index contributed by atoms with van der Waals surface area (Å²) in [5.74, 6) is 0.0717. The summed E-state index contributed by atoms with van der Waals surface area (Å²) in [7, 11) is -3.23. The van der Waals surface area contributed by atoms with E-state index in [1.165, 1.54) is 0 Å². The Kier molecular flexibility index (Phi) is 5.74. The number of hydrogen-bond acceptors (Lipinski definition) is 4. The second-order valence-corrected chi connectivity index (χ2v) is 7.21. The van der Waals surface area contributed by atoms with Gasteiger partial charge in [-0.05, 0) is 18.5 Å². The lowest BCUT2D eigenvalue weighted by Gasteiger charge is -2.33. The zero-order chi connectivity index (χ0) is 15.1. The zero-order valence-corrected chi connectivity index (χ0v) is 12.9. The molecule has 0 N–H and O–H groups in total. The first kappa shape index (κ1) is 16.0. The highest BCUT2D eigenvalue weighted by atomic mass is 32.2. The first-order chi connectivity index (χ1) is 10.1. The number of nitriles is 1. The highest BCUT2D eigenvalue weighted by Crippen LogP contribution is 2.13. The van der Waals surface area contributed by atoms with Crippen LogP contribution in [0.1, 0.15) is 18.4 Å². The standard InChI is InChI=1S/C15H21N3O2S/c16-8-4-5-9-17-10-12-18(13-11-17)21(19,20)14-15-6-2-1-3-7-15/h1-3,6-7H,4-5,9-14H2. The third-order valence-corrected chi connectivity index (χ3v) is 5.53. The fourth-order valence-electron chi connectivity index (χ4n) is 2.49. The van der Waals surface area contributed by atoms with E-state index in [0.29, 0.717) is 19.5 Å². The Morgan fingerprint density at radius 3 is 2.38 bits per heavy atom. The molecule has 1 aliphatic rings. The normalized spacial score (nSPS) is 17.5. The van der Waals surface area contributed by atoms with E-state index in [-0.39, 0.29) is 5.75 Å². The Morgan fingerprint density at radius 1 is 1.10 bits per heavy atom. The van der Waals surface area contributed by atoms with Gasteiger partial charge in [0, 0.05) is 32.6 Å². The van der Waals surface area contributed by atoms with Gasteiger partial charge >= 0.3 is 0 Å². The molecule has 0 aromatic heterocycles. The number of rotatable bonds is 6. The van der Waals surface area contributed by atoms with Crippen LogP contribution in [0.15, 0.2) is 30.3 Å². The summed E-state index contributed by atoms with van der Waals surface area (Å²) in [6.07, 6.45) is 1.42. The average Bonchev–Trinajstić information content (AvgIpc) is 2.49. The van der Waals surface area contributed by atoms with Crippen molar-refractivity contribution in [3.05, 3.63) is 35.9 Å². The van der Waals surface area contributed by atoms with Crippen molar-refractivity contribution in [2.45, 2.75) is 18.6 Å². The molecule has 0 atom stereocenters. The molecule has 0 bridgehead atoms. The number of unbranched alkanes of at least 4 members (excludes halogenated alkanes) is 1. The van der Waals surface area contributed by atoms with Crippen LogP contribution in [0, 0.1) is 11.3 Å². The summed E-state index contributed by atoms with van der Waals surface area (Å²) < 4.78 is 26.4. The summed E-state index contributed by atoms with van der Waals surface area (Å²) in [6.45, 7) is 3.46. The Hall–Kier alpha value is -1.42. The largest absolute Gasteiger partial charge is 0.301 e. The molecule has 1 heterocycles. The van der Waals surface area contributed by atoms with E-state index in [1.54, 1.807) is 4.31 Å². The average molecular weight is 307 g/mol. The summed E-state index contributed by atoms with van der Waals surface area (Å²) >= 11 is 0. The molecule has 1 saturated heterocycles. The summed E-state index contributed by atoms with van der Waals surface area (Å²) in [5, 5.41) is 8.53. The van der Waals surface area contributed by atoms with Gasteiger partial charge in [0.05, 0.1) is 11.8 Å². The van der Waals surface area contributed by atoms with Gasteiger partial charge in [-0.25, -0.2) is 8.42 Å². The summed E-state index contributed by atoms with van der Waals surface area (Å²) in [6, 6.07) is 11.4. The van der Waals surface area contributed by atoms with Crippen molar-refractivity contribution in [1.29, 1.82) is 5.26 Å². The van der Waals surface area contributed by atoms with Gasteiger partial charge in [0.1, 0.15) is 0 Å². The van der Waals surface area contributed by atoms with Crippen molar-refractivity contribution >= 4 is 10.0 Å². The molecule has 2 rings (SSSR count). The number of piperazine rings is 1. The molecule has 1 aromatic rings. The topological polar surface area (TPSA) is 64.4 Å². The second kappa shape index (κ2) is 7.55. The minimum atomic E-state index is -3.23. The number of sulfonamides is 1. The van der Waals surface area contributed by atoms with E-state index < -0.39 is 10.0 Å². The minimum Gasteiger partial charge on any atom is -0.301 e. The molecule has 1 aliphatic heterocycles. The maximum Gasteiger partial charge on any atom is 0.218 e. The molecule has 6 heteroatoms. The van der Waals surface area contributed by atoms with Crippen molar-refractivity contribution in [2.75, 3.05) is 32.7 Å². The predicted octanol–water partition coefficient (Wildman–Crippen LogP) is 1.44. The number of hydrogen-bond donors (Lipinski definition) is 0. The molecule has 21 heavy (non-hydrogen) atoms. The Labute approximate surface area is 126 Å². The van der Waals surface area contributed by atoms with Crippen LogP contribution in [0.2, 0.25) is 0 Å². The van der Waals surface area contributed by atoms with Gasteiger partial charge in [0.15, 0.2) is 0 Å². The summed E-state index contributed by atoms with van der Waals surface area (Å²) in [4.78, 5) is 2.23. The Balaban J connectivity index is 1.85. The van der Waals surface area contributed by atoms with Crippen molar-refractivity contribution < 1.29 is 8.42 Å². The SMILES string of the molecule is N#CCCCN1CCN(S(=O)(=O)Cc2ccccc2)CC1. The van der Waals surface area contributed by atoms with Gasteiger partial charge in [-0.15, -0.1) is 0 Å². The lowest BCUT2D eigenvalue weighted by atomic mass is 10.2. The molecule has 5 nitrogen and oxygen atoms in total. The van der Waals surface area contributed by atoms with Crippen molar-refractivity contribution in [2.24, 2.45) is 0 Å². The van der Waals surface area contributed by atoms with Gasteiger partial charge in [-0.2, -0.15) is 9.57 Å². The van der Waals surface area contributed by atoms with Crippen LogP contribution < -0.4 is 0 Å². The first-order valence-electron chi connectivity index (χ1n) is 7.23. The van der Waals surface area contributed by atoms with Gasteiger partial charge < -0.3 is 4.90 Å². The van der Waals surface area contributed by atoms with E-state index in [0.717, 1.165) is 31.6 Å². The first-order valence-corrected chi connectivity index (χ1v) is 8.84. The zero-order valence-electron chi connectivity index (χ0n) is 12.1. The van der Waals surface area contributed by atoms with Crippen LogP contribution in [0.4, 0.5) is 0 Å². The van der Waals surface area contributed by atoms with E-state index in [4.69, 9.17) is 5.26 Å². The maximum absolute atomic E-state index is 12.4. The molecule has 0 amide bonds. The van der Waals surface area contributed by atoms with Crippen LogP contribution >= 0.6 is 0 Å². The molecule has 0 unspecified atom stereocenters. The van der Waals surface area contributed by atoms with Crippen molar-refractivity contribution in [3.63, 3.8) is 0 Å². The molecule has 0 spiro atoms. The third kappa shape index (κ3) is 4.81. The fraction of sp³-hybridized carbons (Fsp3) is 0.533. The highest BCUT2D eigenvalue weighted by Gasteiger charge is 2.26. The maximum atomic E-state index is 12.4. The molecular formula is C15H21N3O2S. The lowest BCUT2D eigenvalue weighted by molar-refractivity contribution is 0.187. The molecule has 0 saturated carbocycles. The quantitative estimate of drug-likeness (QED) is 0.746. The molecule has 1 fully saturated rings. The van der Waals surface area contributed by atoms with Gasteiger partial charge in [0.2, 0.25) is 10.0 Å². The van der Waals surface area contributed by atoms with Crippen molar-refractivity contribution in [3.8, 4) is 6.07 Å². The Morgan fingerprint density at radius 2 is 1.76 bits per heavy atom. The molecule has 0 radical (unpaired) electrons. The smallest absolute Gasteiger partial charge is 0.218 e. The molecule has 0 aliphatic carbocycles. The Bertz CT molecular complexity index is 573. The van der Waals surface area contributed by atoms with Gasteiger partial charge in [-0.1, -0.05) is 30.3 Å². The van der Waals surface area contributed by atoms with Crippen molar-refractivity contribution in [1.82, 2.24) is 9.21 Å². The summed E-state index contributed by atoms with van der Waals surface area (Å²) in [5.41, 5.74) is 0.828. The predicted molar refractivity (Wildman–Crippen MR) is 81.9 cm³/mol. The second-order valence-electron chi connectivity index (χ2n) is 5.24. The van der Waals surface area contributed by atoms with Crippen LogP contribution in [-0.4, -0.2) is 50.3 Å². The van der Waals surface area contributed by atoms with Gasteiger partial charge in [-0.3, -0.25) is 0 Å². The minimum absolute atomic E-state index is 0.0717. The highest BCUT2D eigenvalue weighted by molar-refractivity contribution is 7.88. The van der Waals surface area contributed by atoms with Crippen LogP contribution in [0.25, 0.3) is 0 Å². The van der Waals surface area contributed by atoms with Crippen LogP contribution in [0.3, 0.4) is 0 Å². The molecule has 1 aromatic carbocycles.